The van der Waals surface area contributed by atoms with Gasteiger partial charge < -0.3 is 21.3 Å². The van der Waals surface area contributed by atoms with E-state index in [9.17, 15) is 9.59 Å². The molecule has 0 aliphatic rings. The van der Waals surface area contributed by atoms with Gasteiger partial charge in [0.25, 0.3) is 5.91 Å². The van der Waals surface area contributed by atoms with Crippen molar-refractivity contribution in [1.82, 2.24) is 10.3 Å². The molecule has 1 aromatic rings. The second kappa shape index (κ2) is 5.80. The summed E-state index contributed by atoms with van der Waals surface area (Å²) in [5.41, 5.74) is 5.66. The fraction of sp³-hybridized carbons (Fsp3) is 0.300. The molecule has 0 radical (unpaired) electrons. The number of rotatable bonds is 5. The molecule has 1 aromatic heterocycles. The molecular weight excluding hydrogens is 226 g/mol. The molecule has 17 heavy (non-hydrogen) atoms. The summed E-state index contributed by atoms with van der Waals surface area (Å²) in [6.07, 6.45) is 1.31. The number of carbonyl (C=O) groups excluding carboxylic acids is 1. The average molecular weight is 239 g/mol. The third-order valence-electron chi connectivity index (χ3n) is 2.08. The number of aliphatic hydroxyl groups is 1. The number of aromatic nitrogens is 1. The molecule has 0 aliphatic carbocycles. The normalized spacial score (nSPS) is 11.8. The lowest BCUT2D eigenvalue weighted by Crippen LogP contribution is -2.41. The van der Waals surface area contributed by atoms with Crippen molar-refractivity contribution >= 4 is 17.6 Å². The van der Waals surface area contributed by atoms with Crippen LogP contribution in [0.5, 0.6) is 0 Å². The van der Waals surface area contributed by atoms with Crippen LogP contribution in [0.25, 0.3) is 0 Å². The summed E-state index contributed by atoms with van der Waals surface area (Å²) >= 11 is 0. The highest BCUT2D eigenvalue weighted by Gasteiger charge is 2.21. The van der Waals surface area contributed by atoms with Crippen LogP contribution < -0.4 is 11.1 Å². The molecule has 1 unspecified atom stereocenters. The van der Waals surface area contributed by atoms with E-state index in [0.717, 1.165) is 0 Å². The number of hydrogen-bond donors (Lipinski definition) is 4. The fourth-order valence-electron chi connectivity index (χ4n) is 1.22. The number of nitrogen functional groups attached to an aromatic ring is 1. The first-order chi connectivity index (χ1) is 8.06. The van der Waals surface area contributed by atoms with Gasteiger partial charge in [-0.15, -0.1) is 0 Å². The Balaban J connectivity index is 2.77. The number of pyridine rings is 1. The number of amides is 1. The van der Waals surface area contributed by atoms with E-state index in [-0.39, 0.29) is 24.4 Å². The minimum atomic E-state index is -1.22. The quantitative estimate of drug-likeness (QED) is 0.534. The minimum absolute atomic E-state index is 0.0308. The van der Waals surface area contributed by atoms with Crippen LogP contribution >= 0.6 is 0 Å². The standard InChI is InChI=1S/C10H13N3O4/c11-6-2-1-4-12-8(6)9(15)13-7(3-5-14)10(16)17/h1-2,4,7,14H,3,5,11H2,(H,13,15)(H,16,17). The van der Waals surface area contributed by atoms with E-state index < -0.39 is 17.9 Å². The molecule has 0 aromatic carbocycles. The second-order valence-corrected chi connectivity index (χ2v) is 3.32. The smallest absolute Gasteiger partial charge is 0.326 e. The van der Waals surface area contributed by atoms with E-state index >= 15 is 0 Å². The Kier molecular flexibility index (Phi) is 4.41. The largest absolute Gasteiger partial charge is 0.480 e. The molecule has 1 amide bonds. The van der Waals surface area contributed by atoms with Crippen molar-refractivity contribution < 1.29 is 19.8 Å². The van der Waals surface area contributed by atoms with Gasteiger partial charge in [0.05, 0.1) is 5.69 Å². The van der Waals surface area contributed by atoms with Gasteiger partial charge in [0.1, 0.15) is 6.04 Å². The Hall–Kier alpha value is -2.15. The molecule has 0 spiro atoms. The van der Waals surface area contributed by atoms with Gasteiger partial charge in [0.15, 0.2) is 5.69 Å². The summed E-state index contributed by atoms with van der Waals surface area (Å²) in [7, 11) is 0. The SMILES string of the molecule is Nc1cccnc1C(=O)NC(CCO)C(=O)O. The number of aliphatic carboxylic acids is 1. The van der Waals surface area contributed by atoms with Gasteiger partial charge in [-0.05, 0) is 12.1 Å². The van der Waals surface area contributed by atoms with Gasteiger partial charge in [-0.3, -0.25) is 4.79 Å². The van der Waals surface area contributed by atoms with Gasteiger partial charge in [-0.25, -0.2) is 9.78 Å². The third kappa shape index (κ3) is 3.42. The molecule has 7 nitrogen and oxygen atoms in total. The lowest BCUT2D eigenvalue weighted by Gasteiger charge is -2.13. The number of carboxylic acid groups (broad SMARTS) is 1. The molecular formula is C10H13N3O4. The maximum atomic E-state index is 11.7. The van der Waals surface area contributed by atoms with Gasteiger partial charge in [-0.1, -0.05) is 0 Å². The molecule has 0 fully saturated rings. The molecule has 0 aliphatic heterocycles. The first-order valence-electron chi connectivity index (χ1n) is 4.91. The van der Waals surface area contributed by atoms with Crippen LogP contribution in [-0.2, 0) is 4.79 Å². The van der Waals surface area contributed by atoms with Gasteiger partial charge in [0.2, 0.25) is 0 Å². The van der Waals surface area contributed by atoms with Crippen LogP contribution in [0.2, 0.25) is 0 Å². The summed E-state index contributed by atoms with van der Waals surface area (Å²) in [5, 5.41) is 19.7. The van der Waals surface area contributed by atoms with Crippen molar-refractivity contribution in [3.8, 4) is 0 Å². The number of aliphatic hydroxyl groups excluding tert-OH is 1. The lowest BCUT2D eigenvalue weighted by molar-refractivity contribution is -0.139. The molecule has 5 N–H and O–H groups in total. The highest BCUT2D eigenvalue weighted by Crippen LogP contribution is 2.07. The Labute approximate surface area is 97.3 Å². The summed E-state index contributed by atoms with van der Waals surface area (Å²) in [5.74, 6) is -1.90. The number of nitrogens with one attached hydrogen (secondary N) is 1. The number of carbonyl (C=O) groups is 2. The second-order valence-electron chi connectivity index (χ2n) is 3.32. The zero-order valence-corrected chi connectivity index (χ0v) is 8.96. The summed E-state index contributed by atoms with van der Waals surface area (Å²) in [6.45, 7) is -0.338. The molecule has 0 saturated carbocycles. The van der Waals surface area contributed by atoms with E-state index in [1.165, 1.54) is 12.3 Å². The molecule has 1 atom stereocenters. The predicted octanol–water partition coefficient (Wildman–Crippen LogP) is -0.771. The molecule has 1 rings (SSSR count). The summed E-state index contributed by atoms with van der Waals surface area (Å²) in [6, 6.07) is 1.90. The monoisotopic (exact) mass is 239 g/mol. The Bertz CT molecular complexity index is 422. The van der Waals surface area contributed by atoms with Crippen molar-refractivity contribution in [2.24, 2.45) is 0 Å². The van der Waals surface area contributed by atoms with E-state index in [1.807, 2.05) is 0 Å². The van der Waals surface area contributed by atoms with Crippen LogP contribution in [0.4, 0.5) is 5.69 Å². The number of hydrogen-bond acceptors (Lipinski definition) is 5. The number of nitrogens with two attached hydrogens (primary N) is 1. The Morgan fingerprint density at radius 1 is 1.53 bits per heavy atom. The maximum Gasteiger partial charge on any atom is 0.326 e. The molecule has 0 saturated heterocycles. The summed E-state index contributed by atoms with van der Waals surface area (Å²) < 4.78 is 0. The molecule has 0 bridgehead atoms. The van der Waals surface area contributed by atoms with E-state index in [0.29, 0.717) is 0 Å². The average Bonchev–Trinajstić information content (AvgIpc) is 2.28. The zero-order valence-electron chi connectivity index (χ0n) is 8.96. The van der Waals surface area contributed by atoms with E-state index in [4.69, 9.17) is 15.9 Å². The van der Waals surface area contributed by atoms with Crippen LogP contribution in [0.1, 0.15) is 16.9 Å². The van der Waals surface area contributed by atoms with Crippen LogP contribution in [0.15, 0.2) is 18.3 Å². The molecule has 92 valence electrons. The lowest BCUT2D eigenvalue weighted by atomic mass is 10.2. The van der Waals surface area contributed by atoms with E-state index in [2.05, 4.69) is 10.3 Å². The van der Waals surface area contributed by atoms with Crippen LogP contribution in [0, 0.1) is 0 Å². The molecule has 1 heterocycles. The number of nitrogens with zero attached hydrogens (tertiary/aromatic N) is 1. The van der Waals surface area contributed by atoms with Crippen molar-refractivity contribution in [2.45, 2.75) is 12.5 Å². The molecule has 7 heteroatoms. The highest BCUT2D eigenvalue weighted by molar-refractivity contribution is 5.98. The zero-order chi connectivity index (χ0) is 12.8. The van der Waals surface area contributed by atoms with Crippen LogP contribution in [-0.4, -0.2) is 39.7 Å². The van der Waals surface area contributed by atoms with Crippen molar-refractivity contribution in [2.75, 3.05) is 12.3 Å². The summed E-state index contributed by atoms with van der Waals surface area (Å²) in [4.78, 5) is 26.2. The van der Waals surface area contributed by atoms with Crippen molar-refractivity contribution in [3.63, 3.8) is 0 Å². The first-order valence-corrected chi connectivity index (χ1v) is 4.91. The Morgan fingerprint density at radius 3 is 2.76 bits per heavy atom. The fourth-order valence-corrected chi connectivity index (χ4v) is 1.22. The Morgan fingerprint density at radius 2 is 2.24 bits per heavy atom. The maximum absolute atomic E-state index is 11.7. The third-order valence-corrected chi connectivity index (χ3v) is 2.08. The predicted molar refractivity (Wildman–Crippen MR) is 59.2 cm³/mol. The first kappa shape index (κ1) is 12.9. The van der Waals surface area contributed by atoms with Crippen molar-refractivity contribution in [1.29, 1.82) is 0 Å². The van der Waals surface area contributed by atoms with Gasteiger partial charge in [-0.2, -0.15) is 0 Å². The number of carboxylic acids is 1. The minimum Gasteiger partial charge on any atom is -0.480 e. The van der Waals surface area contributed by atoms with Crippen molar-refractivity contribution in [3.05, 3.63) is 24.0 Å². The topological polar surface area (TPSA) is 126 Å². The number of anilines is 1. The van der Waals surface area contributed by atoms with E-state index in [1.54, 1.807) is 6.07 Å². The van der Waals surface area contributed by atoms with Gasteiger partial charge >= 0.3 is 5.97 Å². The van der Waals surface area contributed by atoms with Gasteiger partial charge in [0, 0.05) is 19.2 Å². The van der Waals surface area contributed by atoms with Crippen LogP contribution in [0.3, 0.4) is 0 Å². The highest BCUT2D eigenvalue weighted by atomic mass is 16.4.